The Morgan fingerprint density at radius 1 is 1.27 bits per heavy atom. The van der Waals surface area contributed by atoms with Crippen molar-refractivity contribution in [3.63, 3.8) is 0 Å². The average molecular weight is 226 g/mol. The predicted molar refractivity (Wildman–Crippen MR) is 67.4 cm³/mol. The summed E-state index contributed by atoms with van der Waals surface area (Å²) in [6, 6.07) is 6.87. The van der Waals surface area contributed by atoms with E-state index in [4.69, 9.17) is 5.73 Å². The van der Waals surface area contributed by atoms with Gasteiger partial charge in [-0.25, -0.2) is 0 Å². The summed E-state index contributed by atoms with van der Waals surface area (Å²) >= 11 is 0. The second-order valence-corrected chi connectivity index (χ2v) is 4.58. The van der Waals surface area contributed by atoms with E-state index in [-0.39, 0.29) is 18.4 Å². The Hall–Kier alpha value is -0.530. The van der Waals surface area contributed by atoms with Gasteiger partial charge in [0.05, 0.1) is 0 Å². The standard InChI is InChI=1S/C13H19N.ClH/c1-9-6-7-12(10(2)8-9)13(14)11-4-3-5-11;/h6-8,11,13H,3-5,14H2,1-2H3;1H/t13-;/m0./s1. The summed E-state index contributed by atoms with van der Waals surface area (Å²) in [5.41, 5.74) is 10.3. The van der Waals surface area contributed by atoms with Crippen molar-refractivity contribution in [2.24, 2.45) is 11.7 Å². The molecule has 0 aromatic heterocycles. The maximum Gasteiger partial charge on any atom is 0.0326 e. The van der Waals surface area contributed by atoms with Crippen molar-refractivity contribution in [1.82, 2.24) is 0 Å². The van der Waals surface area contributed by atoms with Crippen LogP contribution in [-0.4, -0.2) is 0 Å². The van der Waals surface area contributed by atoms with E-state index in [0.29, 0.717) is 0 Å². The zero-order valence-electron chi connectivity index (χ0n) is 9.49. The first-order chi connectivity index (χ1) is 6.68. The van der Waals surface area contributed by atoms with E-state index in [1.165, 1.54) is 36.0 Å². The number of halogens is 1. The first-order valence-corrected chi connectivity index (χ1v) is 5.51. The molecular formula is C13H20ClN. The molecule has 1 nitrogen and oxygen atoms in total. The molecule has 2 rings (SSSR count). The second-order valence-electron chi connectivity index (χ2n) is 4.58. The zero-order valence-corrected chi connectivity index (χ0v) is 10.3. The number of nitrogens with two attached hydrogens (primary N) is 1. The van der Waals surface area contributed by atoms with Crippen LogP contribution in [0, 0.1) is 19.8 Å². The van der Waals surface area contributed by atoms with Crippen LogP contribution in [0.4, 0.5) is 0 Å². The van der Waals surface area contributed by atoms with Gasteiger partial charge in [-0.3, -0.25) is 0 Å². The molecule has 0 amide bonds. The molecule has 0 saturated heterocycles. The maximum atomic E-state index is 6.25. The lowest BCUT2D eigenvalue weighted by Gasteiger charge is -2.32. The van der Waals surface area contributed by atoms with Crippen molar-refractivity contribution in [3.05, 3.63) is 34.9 Å². The van der Waals surface area contributed by atoms with Crippen molar-refractivity contribution in [2.75, 3.05) is 0 Å². The number of rotatable bonds is 2. The van der Waals surface area contributed by atoms with Crippen LogP contribution in [0.15, 0.2) is 18.2 Å². The van der Waals surface area contributed by atoms with Crippen LogP contribution in [-0.2, 0) is 0 Å². The monoisotopic (exact) mass is 225 g/mol. The Kier molecular flexibility index (Phi) is 4.18. The lowest BCUT2D eigenvalue weighted by atomic mass is 9.76. The molecule has 1 fully saturated rings. The van der Waals surface area contributed by atoms with Gasteiger partial charge in [0.25, 0.3) is 0 Å². The summed E-state index contributed by atoms with van der Waals surface area (Å²) in [6.07, 6.45) is 3.99. The van der Waals surface area contributed by atoms with E-state index in [2.05, 4.69) is 32.0 Å². The summed E-state index contributed by atoms with van der Waals surface area (Å²) in [6.45, 7) is 4.30. The van der Waals surface area contributed by atoms with Crippen LogP contribution >= 0.6 is 12.4 Å². The normalized spacial score (nSPS) is 17.8. The Labute approximate surface area is 98.5 Å². The topological polar surface area (TPSA) is 26.0 Å². The van der Waals surface area contributed by atoms with E-state index in [0.717, 1.165) is 5.92 Å². The zero-order chi connectivity index (χ0) is 10.1. The smallest absolute Gasteiger partial charge is 0.0326 e. The van der Waals surface area contributed by atoms with Gasteiger partial charge in [0.15, 0.2) is 0 Å². The molecular weight excluding hydrogens is 206 g/mol. The van der Waals surface area contributed by atoms with Crippen LogP contribution in [0.25, 0.3) is 0 Å². The molecule has 1 aliphatic rings. The van der Waals surface area contributed by atoms with Crippen LogP contribution in [0.3, 0.4) is 0 Å². The molecule has 0 bridgehead atoms. The SMILES string of the molecule is Cc1ccc([C@@H](N)C2CCC2)c(C)c1.Cl. The fraction of sp³-hybridized carbons (Fsp3) is 0.538. The van der Waals surface area contributed by atoms with Gasteiger partial charge >= 0.3 is 0 Å². The van der Waals surface area contributed by atoms with Gasteiger partial charge < -0.3 is 5.73 Å². The maximum absolute atomic E-state index is 6.25. The fourth-order valence-electron chi connectivity index (χ4n) is 2.25. The Bertz CT molecular complexity index is 331. The lowest BCUT2D eigenvalue weighted by Crippen LogP contribution is -2.27. The molecule has 2 N–H and O–H groups in total. The highest BCUT2D eigenvalue weighted by molar-refractivity contribution is 5.85. The molecule has 15 heavy (non-hydrogen) atoms. The lowest BCUT2D eigenvalue weighted by molar-refractivity contribution is 0.264. The molecule has 1 atom stereocenters. The van der Waals surface area contributed by atoms with Crippen LogP contribution in [0.5, 0.6) is 0 Å². The van der Waals surface area contributed by atoms with Gasteiger partial charge in [-0.15, -0.1) is 12.4 Å². The number of aryl methyl sites for hydroxylation is 2. The van der Waals surface area contributed by atoms with Crippen molar-refractivity contribution in [2.45, 2.75) is 39.2 Å². The van der Waals surface area contributed by atoms with E-state index in [1.54, 1.807) is 0 Å². The first-order valence-electron chi connectivity index (χ1n) is 5.51. The highest BCUT2D eigenvalue weighted by Crippen LogP contribution is 2.37. The van der Waals surface area contributed by atoms with Gasteiger partial charge in [-0.2, -0.15) is 0 Å². The summed E-state index contributed by atoms with van der Waals surface area (Å²) in [5, 5.41) is 0. The van der Waals surface area contributed by atoms with Crippen molar-refractivity contribution >= 4 is 12.4 Å². The van der Waals surface area contributed by atoms with Crippen molar-refractivity contribution in [3.8, 4) is 0 Å². The summed E-state index contributed by atoms with van der Waals surface area (Å²) in [5.74, 6) is 0.733. The molecule has 0 heterocycles. The molecule has 0 radical (unpaired) electrons. The van der Waals surface area contributed by atoms with E-state index >= 15 is 0 Å². The number of hydrogen-bond acceptors (Lipinski definition) is 1. The van der Waals surface area contributed by atoms with Gasteiger partial charge in [0.2, 0.25) is 0 Å². The Balaban J connectivity index is 0.00000112. The van der Waals surface area contributed by atoms with Crippen molar-refractivity contribution in [1.29, 1.82) is 0 Å². The molecule has 1 aromatic rings. The largest absolute Gasteiger partial charge is 0.324 e. The molecule has 1 aromatic carbocycles. The highest BCUT2D eigenvalue weighted by atomic mass is 35.5. The van der Waals surface area contributed by atoms with Gasteiger partial charge in [0.1, 0.15) is 0 Å². The Morgan fingerprint density at radius 3 is 2.40 bits per heavy atom. The Morgan fingerprint density at radius 2 is 1.93 bits per heavy atom. The van der Waals surface area contributed by atoms with Crippen LogP contribution < -0.4 is 5.73 Å². The van der Waals surface area contributed by atoms with E-state index in [9.17, 15) is 0 Å². The van der Waals surface area contributed by atoms with E-state index < -0.39 is 0 Å². The molecule has 2 heteroatoms. The highest BCUT2D eigenvalue weighted by Gasteiger charge is 2.26. The number of hydrogen-bond donors (Lipinski definition) is 1. The third kappa shape index (κ3) is 2.53. The minimum Gasteiger partial charge on any atom is -0.324 e. The molecule has 0 aliphatic heterocycles. The first kappa shape index (κ1) is 12.5. The third-order valence-corrected chi connectivity index (χ3v) is 3.44. The minimum atomic E-state index is 0. The fourth-order valence-corrected chi connectivity index (χ4v) is 2.25. The molecule has 0 unspecified atom stereocenters. The predicted octanol–water partition coefficient (Wildman–Crippen LogP) is 3.53. The average Bonchev–Trinajstić information content (AvgIpc) is 2.00. The number of benzene rings is 1. The summed E-state index contributed by atoms with van der Waals surface area (Å²) < 4.78 is 0. The summed E-state index contributed by atoms with van der Waals surface area (Å²) in [4.78, 5) is 0. The van der Waals surface area contributed by atoms with Crippen molar-refractivity contribution < 1.29 is 0 Å². The molecule has 1 saturated carbocycles. The third-order valence-electron chi connectivity index (χ3n) is 3.44. The van der Waals surface area contributed by atoms with Gasteiger partial charge in [-0.1, -0.05) is 30.2 Å². The quantitative estimate of drug-likeness (QED) is 0.819. The van der Waals surface area contributed by atoms with Gasteiger partial charge in [-0.05, 0) is 43.7 Å². The van der Waals surface area contributed by atoms with Crippen LogP contribution in [0.2, 0.25) is 0 Å². The van der Waals surface area contributed by atoms with Crippen LogP contribution in [0.1, 0.15) is 42.0 Å². The molecule has 84 valence electrons. The summed E-state index contributed by atoms with van der Waals surface area (Å²) in [7, 11) is 0. The molecule has 1 aliphatic carbocycles. The molecule has 0 spiro atoms. The van der Waals surface area contributed by atoms with E-state index in [1.807, 2.05) is 0 Å². The second kappa shape index (κ2) is 5.00. The van der Waals surface area contributed by atoms with Gasteiger partial charge in [0, 0.05) is 6.04 Å². The minimum absolute atomic E-state index is 0.